The van der Waals surface area contributed by atoms with Gasteiger partial charge in [0.1, 0.15) is 4.90 Å². The average Bonchev–Trinajstić information content (AvgIpc) is 2.81. The van der Waals surface area contributed by atoms with Crippen LogP contribution in [0, 0.1) is 19.8 Å². The number of carbonyl (C=O) groups is 1. The van der Waals surface area contributed by atoms with Gasteiger partial charge in [0.15, 0.2) is 0 Å². The van der Waals surface area contributed by atoms with Crippen LogP contribution in [0.25, 0.3) is 0 Å². The largest absolute Gasteiger partial charge is 0.342 e. The molecule has 0 aliphatic carbocycles. The molecular formula is C17H28N4O3S. The molecule has 0 bridgehead atoms. The molecule has 140 valence electrons. The molecule has 2 fully saturated rings. The van der Waals surface area contributed by atoms with Crippen LogP contribution in [0.3, 0.4) is 0 Å². The van der Waals surface area contributed by atoms with Gasteiger partial charge in [-0.2, -0.15) is 9.40 Å². The van der Waals surface area contributed by atoms with Gasteiger partial charge < -0.3 is 4.90 Å². The van der Waals surface area contributed by atoms with Crippen molar-refractivity contribution in [3.05, 3.63) is 11.4 Å². The summed E-state index contributed by atoms with van der Waals surface area (Å²) in [6.07, 6.45) is 5.94. The smallest absolute Gasteiger partial charge is 0.246 e. The number of piperidine rings is 1. The van der Waals surface area contributed by atoms with Crippen molar-refractivity contribution >= 4 is 15.9 Å². The fourth-order valence-corrected chi connectivity index (χ4v) is 5.82. The monoisotopic (exact) mass is 368 g/mol. The molecule has 0 saturated carbocycles. The third-order valence-electron chi connectivity index (χ3n) is 5.31. The van der Waals surface area contributed by atoms with E-state index in [1.165, 1.54) is 17.1 Å². The van der Waals surface area contributed by atoms with Crippen LogP contribution in [0.1, 0.15) is 49.9 Å². The number of sulfonamides is 1. The van der Waals surface area contributed by atoms with Gasteiger partial charge in [-0.3, -0.25) is 9.89 Å². The lowest BCUT2D eigenvalue weighted by molar-refractivity contribution is -0.136. The fraction of sp³-hybridized carbons (Fsp3) is 0.765. The van der Waals surface area contributed by atoms with Gasteiger partial charge >= 0.3 is 0 Å². The number of rotatable bonds is 3. The third kappa shape index (κ3) is 3.74. The van der Waals surface area contributed by atoms with E-state index in [4.69, 9.17) is 0 Å². The Labute approximate surface area is 149 Å². The minimum atomic E-state index is -3.62. The van der Waals surface area contributed by atoms with Crippen molar-refractivity contribution in [3.63, 3.8) is 0 Å². The van der Waals surface area contributed by atoms with Crippen LogP contribution in [0.4, 0.5) is 0 Å². The fourth-order valence-electron chi connectivity index (χ4n) is 3.96. The molecule has 25 heavy (non-hydrogen) atoms. The maximum absolute atomic E-state index is 13.0. The van der Waals surface area contributed by atoms with E-state index in [1.54, 1.807) is 13.8 Å². The second kappa shape index (κ2) is 7.45. The van der Waals surface area contributed by atoms with Gasteiger partial charge in [0.05, 0.1) is 17.3 Å². The highest BCUT2D eigenvalue weighted by atomic mass is 32.2. The summed E-state index contributed by atoms with van der Waals surface area (Å²) in [5.74, 6) is -0.100. The molecule has 0 aromatic carbocycles. The lowest BCUT2D eigenvalue weighted by Gasteiger charge is -2.34. The number of aryl methyl sites for hydroxylation is 2. The second-order valence-corrected chi connectivity index (χ2v) is 9.08. The SMILES string of the molecule is Cc1n[nH]c(C)c1S(=O)(=O)N1CCCC(C(=O)N2CCCCCC2)C1. The summed E-state index contributed by atoms with van der Waals surface area (Å²) in [5, 5.41) is 6.75. The summed E-state index contributed by atoms with van der Waals surface area (Å²) in [4.78, 5) is 15.1. The third-order valence-corrected chi connectivity index (χ3v) is 7.44. The van der Waals surface area contributed by atoms with E-state index in [9.17, 15) is 13.2 Å². The van der Waals surface area contributed by atoms with Gasteiger partial charge in [-0.05, 0) is 39.5 Å². The lowest BCUT2D eigenvalue weighted by Crippen LogP contribution is -2.47. The molecule has 3 rings (SSSR count). The zero-order valence-corrected chi connectivity index (χ0v) is 15.9. The summed E-state index contributed by atoms with van der Waals surface area (Å²) < 4.78 is 27.5. The maximum Gasteiger partial charge on any atom is 0.246 e. The summed E-state index contributed by atoms with van der Waals surface area (Å²) >= 11 is 0. The molecule has 1 atom stereocenters. The molecule has 0 radical (unpaired) electrons. The van der Waals surface area contributed by atoms with Crippen molar-refractivity contribution in [2.24, 2.45) is 5.92 Å². The number of carbonyl (C=O) groups excluding carboxylic acids is 1. The van der Waals surface area contributed by atoms with Gasteiger partial charge in [-0.1, -0.05) is 12.8 Å². The highest BCUT2D eigenvalue weighted by Gasteiger charge is 2.37. The number of amides is 1. The van der Waals surface area contributed by atoms with Crippen LogP contribution in [-0.2, 0) is 14.8 Å². The van der Waals surface area contributed by atoms with E-state index in [-0.39, 0.29) is 23.3 Å². The Morgan fingerprint density at radius 2 is 1.76 bits per heavy atom. The molecule has 2 saturated heterocycles. The molecule has 1 N–H and O–H groups in total. The minimum absolute atomic E-state index is 0.127. The Hall–Kier alpha value is -1.41. The van der Waals surface area contributed by atoms with Crippen molar-refractivity contribution in [1.82, 2.24) is 19.4 Å². The number of aromatic amines is 1. The number of likely N-dealkylation sites (tertiary alicyclic amines) is 1. The van der Waals surface area contributed by atoms with Crippen molar-refractivity contribution in [2.75, 3.05) is 26.2 Å². The van der Waals surface area contributed by atoms with Gasteiger partial charge in [0.25, 0.3) is 0 Å². The number of hydrogen-bond acceptors (Lipinski definition) is 4. The normalized spacial score (nSPS) is 23.4. The van der Waals surface area contributed by atoms with Crippen LogP contribution >= 0.6 is 0 Å². The topological polar surface area (TPSA) is 86.4 Å². The van der Waals surface area contributed by atoms with Crippen molar-refractivity contribution < 1.29 is 13.2 Å². The Bertz CT molecular complexity index is 701. The van der Waals surface area contributed by atoms with Gasteiger partial charge in [0, 0.05) is 26.2 Å². The Kier molecular flexibility index (Phi) is 5.48. The van der Waals surface area contributed by atoms with Crippen LogP contribution in [0.5, 0.6) is 0 Å². The molecule has 8 heteroatoms. The second-order valence-electron chi connectivity index (χ2n) is 7.20. The summed E-state index contributed by atoms with van der Waals surface area (Å²) in [5.41, 5.74) is 1.04. The van der Waals surface area contributed by atoms with Crippen LogP contribution in [-0.4, -0.2) is 59.9 Å². The Morgan fingerprint density at radius 3 is 2.36 bits per heavy atom. The van der Waals surface area contributed by atoms with E-state index >= 15 is 0 Å². The summed E-state index contributed by atoms with van der Waals surface area (Å²) in [6.45, 7) is 5.78. The molecular weight excluding hydrogens is 340 g/mol. The number of hydrogen-bond donors (Lipinski definition) is 1. The van der Waals surface area contributed by atoms with Gasteiger partial charge in [-0.15, -0.1) is 0 Å². The highest BCUT2D eigenvalue weighted by Crippen LogP contribution is 2.28. The van der Waals surface area contributed by atoms with E-state index in [1.807, 2.05) is 4.90 Å². The zero-order valence-electron chi connectivity index (χ0n) is 15.1. The number of nitrogens with zero attached hydrogens (tertiary/aromatic N) is 3. The average molecular weight is 369 g/mol. The molecule has 3 heterocycles. The number of H-pyrrole nitrogens is 1. The van der Waals surface area contributed by atoms with E-state index in [0.717, 1.165) is 38.8 Å². The molecule has 1 unspecified atom stereocenters. The van der Waals surface area contributed by atoms with Crippen molar-refractivity contribution in [3.8, 4) is 0 Å². The van der Waals surface area contributed by atoms with Crippen LogP contribution in [0.2, 0.25) is 0 Å². The van der Waals surface area contributed by atoms with Crippen molar-refractivity contribution in [1.29, 1.82) is 0 Å². The Balaban J connectivity index is 1.75. The molecule has 2 aliphatic rings. The Morgan fingerprint density at radius 1 is 1.08 bits per heavy atom. The first-order valence-corrected chi connectivity index (χ1v) is 10.7. The predicted molar refractivity (Wildman–Crippen MR) is 94.6 cm³/mol. The first-order chi connectivity index (χ1) is 11.9. The summed E-state index contributed by atoms with van der Waals surface area (Å²) in [6, 6.07) is 0. The minimum Gasteiger partial charge on any atom is -0.342 e. The van der Waals surface area contributed by atoms with Gasteiger partial charge in [0.2, 0.25) is 15.9 Å². The molecule has 1 aromatic heterocycles. The first kappa shape index (κ1) is 18.4. The number of aromatic nitrogens is 2. The quantitative estimate of drug-likeness (QED) is 0.882. The van der Waals surface area contributed by atoms with E-state index in [2.05, 4.69) is 10.2 Å². The van der Waals surface area contributed by atoms with E-state index < -0.39 is 10.0 Å². The van der Waals surface area contributed by atoms with Crippen molar-refractivity contribution in [2.45, 2.75) is 57.3 Å². The number of nitrogens with one attached hydrogen (secondary N) is 1. The van der Waals surface area contributed by atoms with E-state index in [0.29, 0.717) is 17.9 Å². The zero-order chi connectivity index (χ0) is 18.0. The summed E-state index contributed by atoms with van der Waals surface area (Å²) in [7, 11) is -3.62. The molecule has 2 aliphatic heterocycles. The molecule has 1 aromatic rings. The van der Waals surface area contributed by atoms with Crippen LogP contribution < -0.4 is 0 Å². The van der Waals surface area contributed by atoms with Gasteiger partial charge in [-0.25, -0.2) is 8.42 Å². The van der Waals surface area contributed by atoms with Crippen LogP contribution in [0.15, 0.2) is 4.90 Å². The molecule has 1 amide bonds. The maximum atomic E-state index is 13.0. The lowest BCUT2D eigenvalue weighted by atomic mass is 9.98. The predicted octanol–water partition coefficient (Wildman–Crippen LogP) is 1.83. The molecule has 7 nitrogen and oxygen atoms in total. The standard InChI is InChI=1S/C17H28N4O3S/c1-13-16(14(2)19-18-13)25(23,24)21-11-7-8-15(12-21)17(22)20-9-5-3-4-6-10-20/h15H,3-12H2,1-2H3,(H,18,19). The molecule has 0 spiro atoms. The first-order valence-electron chi connectivity index (χ1n) is 9.22. The highest BCUT2D eigenvalue weighted by molar-refractivity contribution is 7.89.